The van der Waals surface area contributed by atoms with Crippen LogP contribution in [0.3, 0.4) is 0 Å². The Bertz CT molecular complexity index is 1850. The summed E-state index contributed by atoms with van der Waals surface area (Å²) in [5, 5.41) is 24.1. The molecule has 2 heterocycles. The Balaban J connectivity index is 0.000000357. The number of nitrogens with zero attached hydrogens (tertiary/aromatic N) is 7. The van der Waals surface area contributed by atoms with Crippen molar-refractivity contribution < 1.29 is 53.0 Å². The summed E-state index contributed by atoms with van der Waals surface area (Å²) in [6.45, 7) is 0. The predicted octanol–water partition coefficient (Wildman–Crippen LogP) is 0.846. The highest BCUT2D eigenvalue weighted by Gasteiger charge is 2.38. The fourth-order valence-corrected chi connectivity index (χ4v) is 2.83. The molecule has 0 aliphatic heterocycles. The zero-order valence-corrected chi connectivity index (χ0v) is 21.3. The van der Waals surface area contributed by atoms with E-state index in [2.05, 4.69) is 10.2 Å². The van der Waals surface area contributed by atoms with Crippen molar-refractivity contribution in [3.8, 4) is 17.8 Å². The first-order valence-corrected chi connectivity index (χ1v) is 10.6. The Morgan fingerprint density at radius 2 is 1.16 bits per heavy atom. The molecule has 0 unspecified atom stereocenters. The molecule has 4 rings (SSSR count). The number of rotatable bonds is 1. The Morgan fingerprint density at radius 1 is 0.705 bits per heavy atom. The van der Waals surface area contributed by atoms with E-state index in [1.807, 2.05) is 0 Å². The van der Waals surface area contributed by atoms with Crippen LogP contribution in [0.1, 0.15) is 22.8 Å². The van der Waals surface area contributed by atoms with Crippen molar-refractivity contribution >= 4 is 0 Å². The Kier molecular flexibility index (Phi) is 11.3. The van der Waals surface area contributed by atoms with Crippen molar-refractivity contribution in [2.45, 2.75) is 12.4 Å². The molecule has 0 atom stereocenters. The number of aromatic nitrogens is 6. The number of hydrogen-bond donors (Lipinski definition) is 1. The zero-order valence-electron chi connectivity index (χ0n) is 21.3. The third-order valence-corrected chi connectivity index (χ3v) is 4.88. The molecule has 44 heavy (non-hydrogen) atoms. The molecule has 236 valence electrons. The van der Waals surface area contributed by atoms with Crippen LogP contribution in [0, 0.1) is 51.7 Å². The van der Waals surface area contributed by atoms with E-state index in [4.69, 9.17) is 10.5 Å². The van der Waals surface area contributed by atoms with Crippen LogP contribution in [0.2, 0.25) is 0 Å². The van der Waals surface area contributed by atoms with Gasteiger partial charge in [-0.2, -0.15) is 41.5 Å². The fourth-order valence-electron chi connectivity index (χ4n) is 2.83. The van der Waals surface area contributed by atoms with Crippen molar-refractivity contribution in [2.75, 3.05) is 0 Å². The first-order chi connectivity index (χ1) is 19.7. The lowest BCUT2D eigenvalue weighted by molar-refractivity contribution is -0.148. The normalized spacial score (nSPS) is 10.8. The lowest BCUT2D eigenvalue weighted by atomic mass is 10.2. The van der Waals surface area contributed by atoms with Crippen molar-refractivity contribution in [2.24, 2.45) is 14.1 Å². The van der Waals surface area contributed by atoms with Gasteiger partial charge in [0.25, 0.3) is 0 Å². The Labute approximate surface area is 234 Å². The lowest BCUT2D eigenvalue weighted by Gasteiger charge is -2.03. The van der Waals surface area contributed by atoms with E-state index in [9.17, 15) is 57.9 Å². The van der Waals surface area contributed by atoms with Gasteiger partial charge >= 0.3 is 23.7 Å². The number of hydrogen-bond acceptors (Lipinski definition) is 6. The number of benzene rings is 2. The minimum Gasteiger partial charge on any atom is -1.00 e. The van der Waals surface area contributed by atoms with Gasteiger partial charge in [-0.25, -0.2) is 36.6 Å². The van der Waals surface area contributed by atoms with E-state index in [1.165, 1.54) is 12.1 Å². The molecule has 0 spiro atoms. The van der Waals surface area contributed by atoms with E-state index in [-0.39, 0.29) is 14.0 Å². The number of nitriles is 2. The topological polar surface area (TPSA) is 138 Å². The summed E-state index contributed by atoms with van der Waals surface area (Å²) in [4.78, 5) is 22.1. The third-order valence-electron chi connectivity index (χ3n) is 4.88. The van der Waals surface area contributed by atoms with Gasteiger partial charge in [-0.05, 0) is 12.1 Å². The van der Waals surface area contributed by atoms with Crippen LogP contribution in [0.25, 0.3) is 5.69 Å². The zero-order chi connectivity index (χ0) is 33.0. The second-order valence-electron chi connectivity index (χ2n) is 7.74. The summed E-state index contributed by atoms with van der Waals surface area (Å²) in [5.41, 5.74) is -4.13. The molecule has 0 saturated heterocycles. The summed E-state index contributed by atoms with van der Waals surface area (Å²) < 4.78 is 138. The van der Waals surface area contributed by atoms with Gasteiger partial charge in [-0.15, -0.1) is 10.2 Å². The largest absolute Gasteiger partial charge is 1.00 e. The first kappa shape index (κ1) is 36.5. The van der Waals surface area contributed by atoms with Crippen LogP contribution < -0.4 is 16.1 Å². The fraction of sp³-hybridized carbons (Fsp3) is 0.182. The Hall–Kier alpha value is -5.54. The van der Waals surface area contributed by atoms with Crippen molar-refractivity contribution in [1.82, 2.24) is 29.1 Å². The average Bonchev–Trinajstić information content (AvgIpc) is 3.41. The van der Waals surface area contributed by atoms with Crippen molar-refractivity contribution in [3.63, 3.8) is 0 Å². The number of aromatic amines is 1. The number of halogens is 12. The molecular weight excluding hydrogens is 636 g/mol. The molecule has 0 aliphatic rings. The highest BCUT2D eigenvalue weighted by molar-refractivity contribution is 5.41. The van der Waals surface area contributed by atoms with Crippen LogP contribution in [0.5, 0.6) is 0 Å². The Morgan fingerprint density at radius 3 is 1.55 bits per heavy atom. The quantitative estimate of drug-likeness (QED) is 0.240. The standard InChI is InChI=1S/C11H5F5N4O.C7H2F3N.C4H4F3N3O.FH/c1-19-9(11(14,15)16)18-20(10(19)21)8-3-6(12)5(4-17)2-7(8)13;8-5-2-7(10)6(9)1-4(5)3-11;1-10-2(4(5,6)7)8-9-3(10)11;/h2-3H,1H3;1-2H;1H3,(H,9,11);1H/p-1. The minimum atomic E-state index is -4.93. The van der Waals surface area contributed by atoms with E-state index in [0.717, 1.165) is 14.1 Å². The van der Waals surface area contributed by atoms with Crippen molar-refractivity contribution in [3.05, 3.63) is 97.1 Å². The molecule has 10 nitrogen and oxygen atoms in total. The van der Waals surface area contributed by atoms with Gasteiger partial charge < -0.3 is 4.70 Å². The van der Waals surface area contributed by atoms with Gasteiger partial charge in [0, 0.05) is 26.2 Å². The van der Waals surface area contributed by atoms with Gasteiger partial charge in [-0.1, -0.05) is 0 Å². The molecule has 2 aromatic carbocycles. The van der Waals surface area contributed by atoms with Gasteiger partial charge in [0.15, 0.2) is 17.5 Å². The molecule has 0 fully saturated rings. The monoisotopic (exact) mass is 647 g/mol. The molecule has 4 aromatic rings. The van der Waals surface area contributed by atoms with E-state index in [0.29, 0.717) is 28.8 Å². The van der Waals surface area contributed by atoms with Crippen LogP contribution in [-0.4, -0.2) is 29.1 Å². The van der Waals surface area contributed by atoms with Crippen LogP contribution in [-0.2, 0) is 26.4 Å². The van der Waals surface area contributed by atoms with Crippen LogP contribution in [0.4, 0.5) is 48.3 Å². The third kappa shape index (κ3) is 8.05. The molecule has 0 saturated carbocycles. The SMILES string of the molecule is Cn1c(C(F)(F)F)n[nH]c1=O.Cn1c(C(F)(F)F)nn(-c2cc(F)c(C#N)cc2F)c1=O.N#Cc1cc(F)c(F)cc1F.[F-]. The van der Waals surface area contributed by atoms with Gasteiger partial charge in [0.05, 0.1) is 11.1 Å². The highest BCUT2D eigenvalue weighted by atomic mass is 19.4. The maximum Gasteiger partial charge on any atom is 0.451 e. The highest BCUT2D eigenvalue weighted by Crippen LogP contribution is 2.27. The molecule has 0 bridgehead atoms. The van der Waals surface area contributed by atoms with Gasteiger partial charge in [0.1, 0.15) is 29.5 Å². The maximum atomic E-state index is 13.7. The van der Waals surface area contributed by atoms with Gasteiger partial charge in [-0.3, -0.25) is 9.13 Å². The van der Waals surface area contributed by atoms with E-state index in [1.54, 1.807) is 5.10 Å². The molecule has 0 amide bonds. The summed E-state index contributed by atoms with van der Waals surface area (Å²) in [7, 11) is 1.79. The second kappa shape index (κ2) is 13.6. The van der Waals surface area contributed by atoms with Crippen LogP contribution >= 0.6 is 0 Å². The second-order valence-corrected chi connectivity index (χ2v) is 7.74. The predicted molar refractivity (Wildman–Crippen MR) is 118 cm³/mol. The lowest BCUT2D eigenvalue weighted by Crippen LogP contribution is -3.00. The summed E-state index contributed by atoms with van der Waals surface area (Å²) in [6, 6.07) is 4.51. The molecule has 0 aliphatic carbocycles. The van der Waals surface area contributed by atoms with E-state index >= 15 is 0 Å². The average molecular weight is 647 g/mol. The first-order valence-electron chi connectivity index (χ1n) is 10.6. The molecule has 22 heteroatoms. The molecule has 1 N–H and O–H groups in total. The summed E-state index contributed by atoms with van der Waals surface area (Å²) >= 11 is 0. The molecule has 2 aromatic heterocycles. The number of alkyl halides is 6. The summed E-state index contributed by atoms with van der Waals surface area (Å²) in [6.07, 6.45) is -9.51. The maximum absolute atomic E-state index is 13.7. The number of nitrogens with one attached hydrogen (secondary N) is 1. The van der Waals surface area contributed by atoms with Crippen molar-refractivity contribution in [1.29, 1.82) is 10.5 Å². The minimum absolute atomic E-state index is 0. The molecule has 0 radical (unpaired) electrons. The van der Waals surface area contributed by atoms with Crippen LogP contribution in [0.15, 0.2) is 33.9 Å². The van der Waals surface area contributed by atoms with Gasteiger partial charge in [0.2, 0.25) is 11.6 Å². The summed E-state index contributed by atoms with van der Waals surface area (Å²) in [5.74, 6) is -8.77. The molecular formula is C22H11F12N8O2-. The number of H-pyrrole nitrogens is 1. The van der Waals surface area contributed by atoms with E-state index < -0.39 is 81.3 Å². The smallest absolute Gasteiger partial charge is 0.451 e.